The second kappa shape index (κ2) is 3.25. The van der Waals surface area contributed by atoms with Gasteiger partial charge >= 0.3 is 0 Å². The zero-order valence-corrected chi connectivity index (χ0v) is 7.80. The van der Waals surface area contributed by atoms with Gasteiger partial charge in [-0.25, -0.2) is 0 Å². The van der Waals surface area contributed by atoms with Crippen LogP contribution in [0.4, 0.5) is 0 Å². The van der Waals surface area contributed by atoms with Crippen molar-refractivity contribution in [2.75, 3.05) is 6.26 Å². The molecule has 3 nitrogen and oxygen atoms in total. The van der Waals surface area contributed by atoms with Crippen molar-refractivity contribution in [3.8, 4) is 0 Å². The summed E-state index contributed by atoms with van der Waals surface area (Å²) in [6, 6.07) is 3.52. The average Bonchev–Trinajstić information content (AvgIpc) is 2.03. The quantitative estimate of drug-likeness (QED) is 0.670. The van der Waals surface area contributed by atoms with Crippen LogP contribution in [0.1, 0.15) is 5.69 Å². The normalized spacial score (nSPS) is 15.5. The molecular formula is C8H12N2OS. The summed E-state index contributed by atoms with van der Waals surface area (Å²) in [7, 11) is -2.13. The standard InChI is InChI=1S/C8H12N2OS/c1-12(2,11)8-4-3-7(5-9)10-6-8/h3-4,6H,1,5,9H2,2H3. The fourth-order valence-electron chi connectivity index (χ4n) is 0.787. The molecule has 1 rings (SSSR count). The van der Waals surface area contributed by atoms with Crippen LogP contribution in [0.5, 0.6) is 0 Å². The zero-order chi connectivity index (χ0) is 9.19. The third kappa shape index (κ3) is 2.06. The molecule has 0 radical (unpaired) electrons. The lowest BCUT2D eigenvalue weighted by Crippen LogP contribution is -2.02. The Morgan fingerprint density at radius 2 is 2.33 bits per heavy atom. The molecule has 2 N–H and O–H groups in total. The molecule has 4 heteroatoms. The Morgan fingerprint density at radius 1 is 1.67 bits per heavy atom. The van der Waals surface area contributed by atoms with Crippen molar-refractivity contribution in [3.05, 3.63) is 24.0 Å². The van der Waals surface area contributed by atoms with Gasteiger partial charge in [-0.3, -0.25) is 9.19 Å². The molecule has 0 fully saturated rings. The molecule has 0 aliphatic rings. The van der Waals surface area contributed by atoms with Gasteiger partial charge < -0.3 is 5.73 Å². The molecule has 0 spiro atoms. The molecule has 1 atom stereocenters. The minimum Gasteiger partial charge on any atom is -0.325 e. The first-order valence-electron chi connectivity index (χ1n) is 3.51. The van der Waals surface area contributed by atoms with Crippen molar-refractivity contribution in [1.29, 1.82) is 0 Å². The molecule has 0 saturated carbocycles. The fourth-order valence-corrected chi connectivity index (χ4v) is 1.42. The summed E-state index contributed by atoms with van der Waals surface area (Å²) < 4.78 is 11.4. The first-order chi connectivity index (χ1) is 5.54. The van der Waals surface area contributed by atoms with Crippen LogP contribution in [0.2, 0.25) is 0 Å². The summed E-state index contributed by atoms with van der Waals surface area (Å²) in [6.45, 7) is 0.405. The van der Waals surface area contributed by atoms with E-state index in [1.54, 1.807) is 24.6 Å². The van der Waals surface area contributed by atoms with Crippen LogP contribution >= 0.6 is 0 Å². The van der Waals surface area contributed by atoms with Gasteiger partial charge in [-0.15, -0.1) is 0 Å². The van der Waals surface area contributed by atoms with Gasteiger partial charge in [0.05, 0.1) is 5.69 Å². The van der Waals surface area contributed by atoms with Gasteiger partial charge in [-0.05, 0) is 27.5 Å². The van der Waals surface area contributed by atoms with Crippen LogP contribution in [0, 0.1) is 0 Å². The Balaban J connectivity index is 3.09. The van der Waals surface area contributed by atoms with Crippen LogP contribution in [0.3, 0.4) is 0 Å². The van der Waals surface area contributed by atoms with Gasteiger partial charge in [-0.1, -0.05) is 0 Å². The van der Waals surface area contributed by atoms with E-state index in [2.05, 4.69) is 10.9 Å². The van der Waals surface area contributed by atoms with E-state index in [4.69, 9.17) is 5.73 Å². The second-order valence-corrected chi connectivity index (χ2v) is 5.18. The van der Waals surface area contributed by atoms with Crippen molar-refractivity contribution in [3.63, 3.8) is 0 Å². The highest BCUT2D eigenvalue weighted by molar-refractivity contribution is 7.99. The lowest BCUT2D eigenvalue weighted by Gasteiger charge is -2.02. The third-order valence-electron chi connectivity index (χ3n) is 1.51. The number of nitrogens with zero attached hydrogens (tertiary/aromatic N) is 1. The molecule has 0 aliphatic carbocycles. The predicted molar refractivity (Wildman–Crippen MR) is 51.6 cm³/mol. The third-order valence-corrected chi connectivity index (χ3v) is 2.74. The minimum absolute atomic E-state index is 0.405. The topological polar surface area (TPSA) is 56.0 Å². The zero-order valence-electron chi connectivity index (χ0n) is 6.99. The number of aromatic nitrogens is 1. The largest absolute Gasteiger partial charge is 0.325 e. The monoisotopic (exact) mass is 184 g/mol. The molecule has 1 aromatic rings. The Hall–Kier alpha value is -0.870. The maximum Gasteiger partial charge on any atom is 0.0540 e. The predicted octanol–water partition coefficient (Wildman–Crippen LogP) is 0.245. The first-order valence-corrected chi connectivity index (χ1v) is 5.65. The van der Waals surface area contributed by atoms with Crippen LogP contribution in [0.15, 0.2) is 23.2 Å². The van der Waals surface area contributed by atoms with Crippen molar-refractivity contribution in [2.24, 2.45) is 5.73 Å². The maximum atomic E-state index is 11.4. The molecule has 0 amide bonds. The fraction of sp³-hybridized carbons (Fsp3) is 0.250. The highest BCUT2D eigenvalue weighted by Crippen LogP contribution is 2.06. The van der Waals surface area contributed by atoms with Crippen molar-refractivity contribution in [2.45, 2.75) is 11.4 Å². The van der Waals surface area contributed by atoms with E-state index in [0.717, 1.165) is 5.69 Å². The minimum atomic E-state index is -2.13. The maximum absolute atomic E-state index is 11.4. The van der Waals surface area contributed by atoms with E-state index in [-0.39, 0.29) is 0 Å². The summed E-state index contributed by atoms with van der Waals surface area (Å²) in [5.74, 6) is 3.55. The van der Waals surface area contributed by atoms with Crippen molar-refractivity contribution >= 4 is 15.4 Å². The van der Waals surface area contributed by atoms with Crippen LogP contribution in [0.25, 0.3) is 0 Å². The van der Waals surface area contributed by atoms with Gasteiger partial charge in [0, 0.05) is 23.9 Å². The molecular weight excluding hydrogens is 172 g/mol. The second-order valence-electron chi connectivity index (χ2n) is 2.69. The Labute approximate surface area is 72.6 Å². The van der Waals surface area contributed by atoms with Crippen LogP contribution in [-0.2, 0) is 16.1 Å². The highest BCUT2D eigenvalue weighted by Gasteiger charge is 2.00. The molecule has 0 bridgehead atoms. The number of pyridine rings is 1. The molecule has 1 heterocycles. The van der Waals surface area contributed by atoms with E-state index >= 15 is 0 Å². The summed E-state index contributed by atoms with van der Waals surface area (Å²) in [5, 5.41) is 0. The molecule has 0 saturated heterocycles. The van der Waals surface area contributed by atoms with E-state index < -0.39 is 9.52 Å². The molecule has 1 aromatic heterocycles. The number of nitrogens with two attached hydrogens (primary N) is 1. The van der Waals surface area contributed by atoms with E-state index in [1.807, 2.05) is 0 Å². The first kappa shape index (κ1) is 9.22. The Kier molecular flexibility index (Phi) is 2.49. The Bertz CT molecular complexity index is 353. The van der Waals surface area contributed by atoms with Gasteiger partial charge in [-0.2, -0.15) is 0 Å². The van der Waals surface area contributed by atoms with E-state index in [0.29, 0.717) is 11.4 Å². The SMILES string of the molecule is C=S(C)(=O)c1ccc(CN)nc1. The van der Waals surface area contributed by atoms with E-state index in [9.17, 15) is 4.21 Å². The smallest absolute Gasteiger partial charge is 0.0540 e. The van der Waals surface area contributed by atoms with Crippen molar-refractivity contribution < 1.29 is 4.21 Å². The van der Waals surface area contributed by atoms with Crippen LogP contribution < -0.4 is 5.73 Å². The van der Waals surface area contributed by atoms with Gasteiger partial charge in [0.15, 0.2) is 0 Å². The van der Waals surface area contributed by atoms with Gasteiger partial charge in [0.25, 0.3) is 0 Å². The van der Waals surface area contributed by atoms with Gasteiger partial charge in [0.1, 0.15) is 0 Å². The van der Waals surface area contributed by atoms with Crippen molar-refractivity contribution in [1.82, 2.24) is 4.98 Å². The summed E-state index contributed by atoms with van der Waals surface area (Å²) in [5.41, 5.74) is 6.15. The molecule has 1 unspecified atom stereocenters. The summed E-state index contributed by atoms with van der Waals surface area (Å²) >= 11 is 0. The average molecular weight is 184 g/mol. The number of hydrogen-bond donors (Lipinski definition) is 1. The molecule has 0 aromatic carbocycles. The number of rotatable bonds is 2. The molecule has 12 heavy (non-hydrogen) atoms. The number of hydrogen-bond acceptors (Lipinski definition) is 3. The van der Waals surface area contributed by atoms with Gasteiger partial charge in [0.2, 0.25) is 0 Å². The Morgan fingerprint density at radius 3 is 2.67 bits per heavy atom. The summed E-state index contributed by atoms with van der Waals surface area (Å²) in [4.78, 5) is 4.69. The molecule has 66 valence electrons. The van der Waals surface area contributed by atoms with Crippen LogP contribution in [-0.4, -0.2) is 21.3 Å². The van der Waals surface area contributed by atoms with E-state index in [1.165, 1.54) is 0 Å². The molecule has 0 aliphatic heterocycles. The summed E-state index contributed by atoms with van der Waals surface area (Å²) in [6.07, 6.45) is 3.16. The lowest BCUT2D eigenvalue weighted by atomic mass is 10.4. The lowest BCUT2D eigenvalue weighted by molar-refractivity contribution is 0.684. The highest BCUT2D eigenvalue weighted by atomic mass is 32.2.